The first-order valence-electron chi connectivity index (χ1n) is 7.93. The van der Waals surface area contributed by atoms with Gasteiger partial charge in [-0.2, -0.15) is 0 Å². The van der Waals surface area contributed by atoms with Crippen LogP contribution in [0, 0.1) is 11.7 Å². The quantitative estimate of drug-likeness (QED) is 0.878. The molecule has 0 bridgehead atoms. The fraction of sp³-hybridized carbons (Fsp3) is 0.588. The number of nitrogens with zero attached hydrogens (tertiary/aromatic N) is 1. The van der Waals surface area contributed by atoms with Crippen LogP contribution in [-0.2, 0) is 4.79 Å². The number of aliphatic hydroxyl groups excluding tert-OH is 1. The number of hydrogen-bond acceptors (Lipinski definition) is 3. The molecule has 1 aliphatic heterocycles. The maximum Gasteiger partial charge on any atom is 0.222 e. The predicted molar refractivity (Wildman–Crippen MR) is 85.2 cm³/mol. The molecule has 0 saturated carbocycles. The number of hydrogen-bond donors (Lipinski definition) is 2. The molecule has 1 aromatic rings. The van der Waals surface area contributed by atoms with Crippen molar-refractivity contribution in [2.24, 2.45) is 5.92 Å². The number of carbonyl (C=O) groups is 1. The monoisotopic (exact) mass is 308 g/mol. The third-order valence-electron chi connectivity index (χ3n) is 4.12. The molecule has 0 radical (unpaired) electrons. The van der Waals surface area contributed by atoms with Crippen LogP contribution in [0.4, 0.5) is 10.1 Å². The number of carbonyl (C=O) groups excluding carboxylic acids is 1. The number of amides is 1. The molecule has 2 rings (SSSR count). The molecular formula is C17H25FN2O2. The van der Waals surface area contributed by atoms with E-state index >= 15 is 0 Å². The molecular weight excluding hydrogens is 283 g/mol. The van der Waals surface area contributed by atoms with E-state index in [9.17, 15) is 14.3 Å². The number of nitrogens with one attached hydrogen (secondary N) is 1. The Hall–Kier alpha value is -1.62. The second kappa shape index (κ2) is 7.58. The molecule has 2 N–H and O–H groups in total. The highest BCUT2D eigenvalue weighted by atomic mass is 19.1. The van der Waals surface area contributed by atoms with Crippen molar-refractivity contribution in [1.29, 1.82) is 0 Å². The predicted octanol–water partition coefficient (Wildman–Crippen LogP) is 2.32. The summed E-state index contributed by atoms with van der Waals surface area (Å²) in [5.41, 5.74) is 0.848. The number of anilines is 1. The molecule has 1 heterocycles. The van der Waals surface area contributed by atoms with Crippen molar-refractivity contribution < 1.29 is 14.3 Å². The highest BCUT2D eigenvalue weighted by molar-refractivity contribution is 5.76. The van der Waals surface area contributed by atoms with Gasteiger partial charge in [0.15, 0.2) is 0 Å². The molecule has 0 spiro atoms. The van der Waals surface area contributed by atoms with Crippen LogP contribution in [0.25, 0.3) is 0 Å². The number of aliphatic hydroxyl groups is 1. The summed E-state index contributed by atoms with van der Waals surface area (Å²) in [6.45, 7) is 5.33. The molecule has 5 heteroatoms. The lowest BCUT2D eigenvalue weighted by Gasteiger charge is -2.35. The Morgan fingerprint density at radius 2 is 2.27 bits per heavy atom. The van der Waals surface area contributed by atoms with Gasteiger partial charge >= 0.3 is 0 Å². The van der Waals surface area contributed by atoms with Crippen molar-refractivity contribution in [3.63, 3.8) is 0 Å². The minimum Gasteiger partial charge on any atom is -0.392 e. The minimum absolute atomic E-state index is 0.0453. The molecule has 1 aromatic carbocycles. The maximum atomic E-state index is 13.3. The SMILES string of the molecule is CC(C)C(O)CC(=O)NC1CCCN(c2cccc(F)c2)C1. The van der Waals surface area contributed by atoms with Crippen LogP contribution < -0.4 is 10.2 Å². The molecule has 1 amide bonds. The number of halogens is 1. The van der Waals surface area contributed by atoms with Crippen LogP contribution in [0.5, 0.6) is 0 Å². The third-order valence-corrected chi connectivity index (χ3v) is 4.12. The average molecular weight is 308 g/mol. The summed E-state index contributed by atoms with van der Waals surface area (Å²) in [6.07, 6.45) is 1.39. The van der Waals surface area contributed by atoms with E-state index in [4.69, 9.17) is 0 Å². The summed E-state index contributed by atoms with van der Waals surface area (Å²) in [5, 5.41) is 12.8. The molecule has 2 atom stereocenters. The topological polar surface area (TPSA) is 52.6 Å². The highest BCUT2D eigenvalue weighted by Gasteiger charge is 2.23. The minimum atomic E-state index is -0.608. The van der Waals surface area contributed by atoms with Crippen molar-refractivity contribution in [1.82, 2.24) is 5.32 Å². The lowest BCUT2D eigenvalue weighted by atomic mass is 10.0. The Morgan fingerprint density at radius 3 is 2.95 bits per heavy atom. The maximum absolute atomic E-state index is 13.3. The largest absolute Gasteiger partial charge is 0.392 e. The third kappa shape index (κ3) is 4.70. The zero-order valence-electron chi connectivity index (χ0n) is 13.3. The number of benzene rings is 1. The van der Waals surface area contributed by atoms with E-state index in [1.165, 1.54) is 12.1 Å². The Morgan fingerprint density at radius 1 is 1.50 bits per heavy atom. The van der Waals surface area contributed by atoms with Gasteiger partial charge in [0.2, 0.25) is 5.91 Å². The molecule has 0 aromatic heterocycles. The normalized spacial score (nSPS) is 20.0. The van der Waals surface area contributed by atoms with Crippen LogP contribution in [0.3, 0.4) is 0 Å². The fourth-order valence-corrected chi connectivity index (χ4v) is 2.71. The zero-order chi connectivity index (χ0) is 16.1. The molecule has 122 valence electrons. The summed E-state index contributed by atoms with van der Waals surface area (Å²) in [6, 6.07) is 6.58. The van der Waals surface area contributed by atoms with Crippen LogP contribution in [0.1, 0.15) is 33.1 Å². The van der Waals surface area contributed by atoms with E-state index in [0.717, 1.165) is 25.1 Å². The first kappa shape index (κ1) is 16.7. The molecule has 2 unspecified atom stereocenters. The van der Waals surface area contributed by atoms with Crippen LogP contribution in [0.2, 0.25) is 0 Å². The van der Waals surface area contributed by atoms with Gasteiger partial charge in [-0.3, -0.25) is 4.79 Å². The van der Waals surface area contributed by atoms with Crippen molar-refractivity contribution in [2.75, 3.05) is 18.0 Å². The van der Waals surface area contributed by atoms with E-state index in [1.807, 2.05) is 19.9 Å². The van der Waals surface area contributed by atoms with Crippen molar-refractivity contribution in [3.05, 3.63) is 30.1 Å². The second-order valence-corrected chi connectivity index (χ2v) is 6.35. The van der Waals surface area contributed by atoms with E-state index in [1.54, 1.807) is 6.07 Å². The summed E-state index contributed by atoms with van der Waals surface area (Å²) in [4.78, 5) is 14.1. The van der Waals surface area contributed by atoms with Crippen molar-refractivity contribution >= 4 is 11.6 Å². The van der Waals surface area contributed by atoms with Gasteiger partial charge in [-0.05, 0) is 37.0 Å². The summed E-state index contributed by atoms with van der Waals surface area (Å²) in [7, 11) is 0. The van der Waals surface area contributed by atoms with Gasteiger partial charge in [0.25, 0.3) is 0 Å². The first-order chi connectivity index (χ1) is 10.5. The van der Waals surface area contributed by atoms with Gasteiger partial charge in [0, 0.05) is 24.8 Å². The summed E-state index contributed by atoms with van der Waals surface area (Å²) >= 11 is 0. The lowest BCUT2D eigenvalue weighted by Crippen LogP contribution is -2.48. The highest BCUT2D eigenvalue weighted by Crippen LogP contribution is 2.21. The van der Waals surface area contributed by atoms with Gasteiger partial charge in [-0.25, -0.2) is 4.39 Å². The van der Waals surface area contributed by atoms with E-state index < -0.39 is 6.10 Å². The summed E-state index contributed by atoms with van der Waals surface area (Å²) < 4.78 is 13.3. The lowest BCUT2D eigenvalue weighted by molar-refractivity contribution is -0.124. The first-order valence-corrected chi connectivity index (χ1v) is 7.93. The van der Waals surface area contributed by atoms with Crippen LogP contribution >= 0.6 is 0 Å². The molecule has 4 nitrogen and oxygen atoms in total. The molecule has 22 heavy (non-hydrogen) atoms. The van der Waals surface area contributed by atoms with E-state index in [0.29, 0.717) is 6.54 Å². The Labute approximate surface area is 131 Å². The number of rotatable bonds is 5. The van der Waals surface area contributed by atoms with E-state index in [2.05, 4.69) is 10.2 Å². The van der Waals surface area contributed by atoms with Gasteiger partial charge in [0.05, 0.1) is 12.5 Å². The average Bonchev–Trinajstić information content (AvgIpc) is 2.47. The molecule has 0 aliphatic carbocycles. The van der Waals surface area contributed by atoms with Crippen molar-refractivity contribution in [2.45, 2.75) is 45.3 Å². The number of piperidine rings is 1. The van der Waals surface area contributed by atoms with Crippen molar-refractivity contribution in [3.8, 4) is 0 Å². The molecule has 1 saturated heterocycles. The van der Waals surface area contributed by atoms with E-state index in [-0.39, 0.29) is 30.1 Å². The van der Waals surface area contributed by atoms with Gasteiger partial charge in [-0.1, -0.05) is 19.9 Å². The van der Waals surface area contributed by atoms with Gasteiger partial charge in [0.1, 0.15) is 5.82 Å². The smallest absolute Gasteiger partial charge is 0.222 e. The van der Waals surface area contributed by atoms with Crippen LogP contribution in [0.15, 0.2) is 24.3 Å². The molecule has 1 fully saturated rings. The second-order valence-electron chi connectivity index (χ2n) is 6.35. The van der Waals surface area contributed by atoms with Gasteiger partial charge < -0.3 is 15.3 Å². The Balaban J connectivity index is 1.89. The van der Waals surface area contributed by atoms with Gasteiger partial charge in [-0.15, -0.1) is 0 Å². The summed E-state index contributed by atoms with van der Waals surface area (Å²) in [5.74, 6) is -0.295. The zero-order valence-corrected chi connectivity index (χ0v) is 13.3. The Kier molecular flexibility index (Phi) is 5.77. The molecule has 1 aliphatic rings. The Bertz CT molecular complexity index is 507. The fourth-order valence-electron chi connectivity index (χ4n) is 2.71. The standard InChI is InChI=1S/C17H25FN2O2/c1-12(2)16(21)10-17(22)19-14-6-4-8-20(11-14)15-7-3-5-13(18)9-15/h3,5,7,9,12,14,16,21H,4,6,8,10-11H2,1-2H3,(H,19,22). The van der Waals surface area contributed by atoms with Crippen LogP contribution in [-0.4, -0.2) is 36.2 Å².